The van der Waals surface area contributed by atoms with E-state index in [9.17, 15) is 14.4 Å². The first-order chi connectivity index (χ1) is 8.82. The second kappa shape index (κ2) is 6.21. The smallest absolute Gasteiger partial charge is 0.349 e. The molecule has 0 spiro atoms. The van der Waals surface area contributed by atoms with Crippen molar-refractivity contribution >= 4 is 46.7 Å². The van der Waals surface area contributed by atoms with Crippen molar-refractivity contribution in [1.29, 1.82) is 0 Å². The van der Waals surface area contributed by atoms with Crippen LogP contribution < -0.4 is 5.32 Å². The van der Waals surface area contributed by atoms with Gasteiger partial charge in [0.05, 0.1) is 5.56 Å². The van der Waals surface area contributed by atoms with E-state index in [1.807, 2.05) is 0 Å². The molecule has 0 bridgehead atoms. The Bertz CT molecular complexity index is 565. The van der Waals surface area contributed by atoms with Crippen LogP contribution in [0.4, 0.5) is 5.69 Å². The molecule has 0 heterocycles. The summed E-state index contributed by atoms with van der Waals surface area (Å²) in [7, 11) is 0. The Morgan fingerprint density at radius 3 is 1.89 bits per heavy atom. The molecule has 0 unspecified atom stereocenters. The summed E-state index contributed by atoms with van der Waals surface area (Å²) in [5, 5.41) is 18.0. The molecule has 1 amide bonds. The van der Waals surface area contributed by atoms with E-state index in [0.29, 0.717) is 0 Å². The highest BCUT2D eigenvalue weighted by Crippen LogP contribution is 2.17. The molecule has 1 aromatic carbocycles. The zero-order valence-electron chi connectivity index (χ0n) is 9.18. The Morgan fingerprint density at radius 1 is 0.947 bits per heavy atom. The number of nitrogens with one attached hydrogen (secondary N) is 1. The van der Waals surface area contributed by atoms with Gasteiger partial charge in [-0.3, -0.25) is 4.79 Å². The maximum atomic E-state index is 11.5. The maximum absolute atomic E-state index is 11.5. The van der Waals surface area contributed by atoms with Gasteiger partial charge in [0, 0.05) is 5.69 Å². The average molecular weight is 304 g/mol. The number of carboxylic acids is 2. The number of carbonyl (C=O) groups is 3. The fourth-order valence-electron chi connectivity index (χ4n) is 1.08. The fraction of sp³-hybridized carbons (Fsp3) is 0. The first-order valence-electron chi connectivity index (χ1n) is 4.76. The Morgan fingerprint density at radius 2 is 1.47 bits per heavy atom. The number of carbonyl (C=O) groups excluding carboxylic acids is 1. The van der Waals surface area contributed by atoms with Crippen LogP contribution in [0.3, 0.4) is 0 Å². The molecule has 0 aromatic heterocycles. The van der Waals surface area contributed by atoms with Crippen molar-refractivity contribution in [2.75, 3.05) is 5.32 Å². The predicted molar refractivity (Wildman–Crippen MR) is 68.4 cm³/mol. The zero-order chi connectivity index (χ0) is 14.6. The number of amides is 1. The van der Waals surface area contributed by atoms with E-state index in [2.05, 4.69) is 5.32 Å². The lowest BCUT2D eigenvalue weighted by atomic mass is 10.2. The molecule has 3 N–H and O–H groups in total. The number of aliphatic carboxylic acids is 1. The van der Waals surface area contributed by atoms with E-state index in [4.69, 9.17) is 33.4 Å². The number of rotatable bonds is 4. The SMILES string of the molecule is O=C(O)/C(Cl)=C(/Cl)C(=O)Nc1ccc(C(=O)O)cc1. The Labute approximate surface area is 117 Å². The van der Waals surface area contributed by atoms with Crippen LogP contribution in [0, 0.1) is 0 Å². The van der Waals surface area contributed by atoms with Crippen LogP contribution >= 0.6 is 23.2 Å². The van der Waals surface area contributed by atoms with Crippen LogP contribution in [-0.2, 0) is 9.59 Å². The van der Waals surface area contributed by atoms with Gasteiger partial charge in [-0.2, -0.15) is 0 Å². The standard InChI is InChI=1S/C11H7Cl2NO5/c12-7(8(13)11(18)19)9(15)14-6-3-1-5(2-4-6)10(16)17/h1-4H,(H,14,15)(H,16,17)(H,18,19)/b8-7-. The van der Waals surface area contributed by atoms with Crippen molar-refractivity contribution in [3.05, 3.63) is 39.9 Å². The van der Waals surface area contributed by atoms with Crippen LogP contribution in [0.5, 0.6) is 0 Å². The molecule has 0 saturated carbocycles. The molecule has 0 atom stereocenters. The van der Waals surface area contributed by atoms with Crippen molar-refractivity contribution in [3.63, 3.8) is 0 Å². The molecule has 0 saturated heterocycles. The molecule has 8 heteroatoms. The molecule has 0 aliphatic carbocycles. The van der Waals surface area contributed by atoms with Crippen LogP contribution in [-0.4, -0.2) is 28.1 Å². The largest absolute Gasteiger partial charge is 0.478 e. The summed E-state index contributed by atoms with van der Waals surface area (Å²) in [5.74, 6) is -3.54. The van der Waals surface area contributed by atoms with Gasteiger partial charge in [0.1, 0.15) is 10.1 Å². The van der Waals surface area contributed by atoms with Gasteiger partial charge in [-0.05, 0) is 24.3 Å². The topological polar surface area (TPSA) is 104 Å². The molecule has 0 fully saturated rings. The minimum Gasteiger partial charge on any atom is -0.478 e. The molecule has 19 heavy (non-hydrogen) atoms. The molecule has 0 aliphatic rings. The van der Waals surface area contributed by atoms with E-state index in [1.165, 1.54) is 24.3 Å². The number of halogens is 2. The maximum Gasteiger partial charge on any atom is 0.349 e. The number of hydrogen-bond acceptors (Lipinski definition) is 3. The number of carboxylic acid groups (broad SMARTS) is 2. The van der Waals surface area contributed by atoms with Crippen LogP contribution in [0.1, 0.15) is 10.4 Å². The summed E-state index contributed by atoms with van der Waals surface area (Å²) in [5.41, 5.74) is 0.297. The molecule has 1 aromatic rings. The van der Waals surface area contributed by atoms with Crippen LogP contribution in [0.2, 0.25) is 0 Å². The van der Waals surface area contributed by atoms with E-state index < -0.39 is 27.9 Å². The van der Waals surface area contributed by atoms with E-state index in [-0.39, 0.29) is 11.3 Å². The summed E-state index contributed by atoms with van der Waals surface area (Å²) in [6.45, 7) is 0. The number of anilines is 1. The van der Waals surface area contributed by atoms with Crippen LogP contribution in [0.15, 0.2) is 34.3 Å². The lowest BCUT2D eigenvalue weighted by Gasteiger charge is -2.05. The quantitative estimate of drug-likeness (QED) is 0.739. The minimum atomic E-state index is -1.52. The molecular weight excluding hydrogens is 297 g/mol. The second-order valence-electron chi connectivity index (χ2n) is 3.27. The highest BCUT2D eigenvalue weighted by Gasteiger charge is 2.17. The predicted octanol–water partition coefficient (Wildman–Crippen LogP) is 2.10. The van der Waals surface area contributed by atoms with Gasteiger partial charge < -0.3 is 15.5 Å². The third kappa shape index (κ3) is 3.97. The fourth-order valence-corrected chi connectivity index (χ4v) is 1.29. The summed E-state index contributed by atoms with van der Waals surface area (Å²) in [6, 6.07) is 5.21. The molecule has 100 valence electrons. The Balaban J connectivity index is 2.86. The van der Waals surface area contributed by atoms with Crippen molar-refractivity contribution in [1.82, 2.24) is 0 Å². The first kappa shape index (κ1) is 15.0. The monoisotopic (exact) mass is 303 g/mol. The lowest BCUT2D eigenvalue weighted by molar-refractivity contribution is -0.132. The number of benzene rings is 1. The van der Waals surface area contributed by atoms with E-state index >= 15 is 0 Å². The van der Waals surface area contributed by atoms with Gasteiger partial charge in [-0.25, -0.2) is 9.59 Å². The third-order valence-electron chi connectivity index (χ3n) is 1.97. The molecule has 6 nitrogen and oxygen atoms in total. The summed E-state index contributed by atoms with van der Waals surface area (Å²) in [6.07, 6.45) is 0. The lowest BCUT2D eigenvalue weighted by Crippen LogP contribution is -2.14. The van der Waals surface area contributed by atoms with Gasteiger partial charge in [0.2, 0.25) is 0 Å². The molecule has 1 rings (SSSR count). The molecule has 0 aliphatic heterocycles. The Hall–Kier alpha value is -2.05. The highest BCUT2D eigenvalue weighted by molar-refractivity contribution is 6.54. The summed E-state index contributed by atoms with van der Waals surface area (Å²) < 4.78 is 0. The van der Waals surface area contributed by atoms with Crippen molar-refractivity contribution < 1.29 is 24.6 Å². The van der Waals surface area contributed by atoms with E-state index in [0.717, 1.165) is 0 Å². The average Bonchev–Trinajstić information content (AvgIpc) is 2.37. The van der Waals surface area contributed by atoms with Gasteiger partial charge in [0.25, 0.3) is 5.91 Å². The first-order valence-corrected chi connectivity index (χ1v) is 5.51. The van der Waals surface area contributed by atoms with Gasteiger partial charge >= 0.3 is 11.9 Å². The summed E-state index contributed by atoms with van der Waals surface area (Å²) >= 11 is 10.8. The zero-order valence-corrected chi connectivity index (χ0v) is 10.7. The number of aromatic carboxylic acids is 1. The van der Waals surface area contributed by atoms with Gasteiger partial charge in [-0.15, -0.1) is 0 Å². The summed E-state index contributed by atoms with van der Waals surface area (Å²) in [4.78, 5) is 32.6. The van der Waals surface area contributed by atoms with Crippen molar-refractivity contribution in [2.24, 2.45) is 0 Å². The van der Waals surface area contributed by atoms with Gasteiger partial charge in [0.15, 0.2) is 0 Å². The van der Waals surface area contributed by atoms with Crippen molar-refractivity contribution in [2.45, 2.75) is 0 Å². The minimum absolute atomic E-state index is 0.0446. The Kier molecular flexibility index (Phi) is 4.91. The van der Waals surface area contributed by atoms with E-state index in [1.54, 1.807) is 0 Å². The van der Waals surface area contributed by atoms with Gasteiger partial charge in [-0.1, -0.05) is 23.2 Å². The normalized spacial score (nSPS) is 11.5. The van der Waals surface area contributed by atoms with Crippen LogP contribution in [0.25, 0.3) is 0 Å². The third-order valence-corrected chi connectivity index (χ3v) is 2.78. The second-order valence-corrected chi connectivity index (χ2v) is 4.03. The molecule has 0 radical (unpaired) electrons. The highest BCUT2D eigenvalue weighted by atomic mass is 35.5. The molecular formula is C11H7Cl2NO5. The van der Waals surface area contributed by atoms with Crippen molar-refractivity contribution in [3.8, 4) is 0 Å². The number of hydrogen-bond donors (Lipinski definition) is 3.